The molecule has 0 amide bonds. The first-order chi connectivity index (χ1) is 7.65. The summed E-state index contributed by atoms with van der Waals surface area (Å²) in [6.07, 6.45) is 0. The molecule has 0 atom stereocenters. The largest absolute Gasteiger partial charge is 0.259 e. The normalized spacial score (nSPS) is 15.5. The lowest BCUT2D eigenvalue weighted by molar-refractivity contribution is 0.440. The van der Waals surface area contributed by atoms with Crippen LogP contribution in [0, 0.1) is 11.6 Å². The number of hydrogen-bond donors (Lipinski definition) is 0. The first kappa shape index (κ1) is 19.6. The molecule has 108 valence electrons. The molecule has 18 heavy (non-hydrogen) atoms. The quantitative estimate of drug-likeness (QED) is 0.168. The van der Waals surface area contributed by atoms with E-state index in [0.717, 1.165) is -0.0619 Å². The molecule has 0 radical (unpaired) electrons. The Morgan fingerprint density at radius 1 is 0.944 bits per heavy atom. The van der Waals surface area contributed by atoms with Gasteiger partial charge in [-0.2, -0.15) is 0 Å². The summed E-state index contributed by atoms with van der Waals surface area (Å²) in [5.41, 5.74) is 0. The van der Waals surface area contributed by atoms with Crippen molar-refractivity contribution in [1.29, 1.82) is 0 Å². The van der Waals surface area contributed by atoms with E-state index in [2.05, 4.69) is 78.5 Å². The summed E-state index contributed by atoms with van der Waals surface area (Å²) in [7, 11) is -5.55. The minimum Gasteiger partial charge on any atom is -0.205 e. The summed E-state index contributed by atoms with van der Waals surface area (Å²) in [5.74, 6) is -4.15. The molecule has 0 bridgehead atoms. The molecule has 0 aliphatic rings. The van der Waals surface area contributed by atoms with Gasteiger partial charge in [-0.25, -0.2) is 8.78 Å². The highest BCUT2D eigenvalue weighted by molar-refractivity contribution is 14.3. The van der Waals surface area contributed by atoms with Crippen molar-refractivity contribution in [2.24, 2.45) is 0 Å². The number of benzene rings is 1. The van der Waals surface area contributed by atoms with Gasteiger partial charge in [-0.15, -0.1) is 15.5 Å². The Hall–Kier alpha value is 1.63. The summed E-state index contributed by atoms with van der Waals surface area (Å²) in [4.78, 5) is -2.66. The number of rotatable bonds is 1. The fourth-order valence-electron chi connectivity index (χ4n) is 0.851. The van der Waals surface area contributed by atoms with Crippen LogP contribution in [0.4, 0.5) is 24.3 Å². The van der Waals surface area contributed by atoms with E-state index >= 15 is 0 Å². The molecule has 0 spiro atoms. The highest BCUT2D eigenvalue weighted by Crippen LogP contribution is 3.04. The van der Waals surface area contributed by atoms with Crippen LogP contribution in [0.25, 0.3) is 0 Å². The smallest absolute Gasteiger partial charge is 0.205 e. The predicted molar refractivity (Wildman–Crippen MR) is 88.3 cm³/mol. The molecule has 0 N–H and O–H groups in total. The number of halogens is 10. The van der Waals surface area contributed by atoms with Gasteiger partial charge in [0.05, 0.1) is 0 Å². The first-order valence-electron chi connectivity index (χ1n) is 3.75. The molecule has 1 aromatic carbocycles. The van der Waals surface area contributed by atoms with Crippen LogP contribution < -0.4 is 0 Å². The fraction of sp³-hybridized carbons (Fsp3) is 0.143. The van der Waals surface area contributed by atoms with E-state index in [1.54, 1.807) is 0 Å². The second kappa shape index (κ2) is 5.79. The van der Waals surface area contributed by atoms with Crippen LogP contribution in [0.2, 0.25) is 0 Å². The van der Waals surface area contributed by atoms with Gasteiger partial charge in [0, 0.05) is 10.7 Å². The predicted octanol–water partition coefficient (Wildman–Crippen LogP) is 7.47. The first-order valence-corrected chi connectivity index (χ1v) is 10.4. The van der Waals surface area contributed by atoms with Crippen LogP contribution in [-0.4, -0.2) is -0.0619 Å². The van der Waals surface area contributed by atoms with Crippen molar-refractivity contribution in [2.45, 2.75) is 4.83 Å². The van der Waals surface area contributed by atoms with Crippen molar-refractivity contribution < 1.29 is 24.3 Å². The lowest BCUT2D eigenvalue weighted by Gasteiger charge is -2.42. The molecule has 0 aromatic heterocycles. The molecule has 1 aromatic rings. The molecule has 11 heteroatoms. The van der Waals surface area contributed by atoms with Gasteiger partial charge in [-0.05, 0) is 12.1 Å². The second-order valence-corrected chi connectivity index (χ2v) is 17.9. The fourth-order valence-corrected chi connectivity index (χ4v) is 2.17. The molecule has 0 aliphatic heterocycles. The van der Waals surface area contributed by atoms with E-state index in [1.807, 2.05) is 0 Å². The molecular weight excluding hydrogens is 646 g/mol. The Balaban J connectivity index is 0.000000631. The molecular formula is C7H4ClF6I3S. The van der Waals surface area contributed by atoms with Crippen molar-refractivity contribution in [1.82, 2.24) is 0 Å². The van der Waals surface area contributed by atoms with Gasteiger partial charge in [-0.1, -0.05) is 73.8 Å². The van der Waals surface area contributed by atoms with Crippen molar-refractivity contribution in [2.75, 3.05) is 0 Å². The average molecular weight is 650 g/mol. The zero-order valence-electron chi connectivity index (χ0n) is 8.00. The molecule has 0 heterocycles. The number of alkyl halides is 3. The molecule has 0 unspecified atom stereocenters. The zero-order valence-corrected chi connectivity index (χ0v) is 16.0. The maximum atomic E-state index is 12.6. The highest BCUT2D eigenvalue weighted by Gasteiger charge is 2.66. The van der Waals surface area contributed by atoms with Gasteiger partial charge in [-0.3, -0.25) is 0 Å². The SMILES string of the molecule is Fc1cccc(F)c1S(F)(F)(F)(F)Cl.IC(I)I. The van der Waals surface area contributed by atoms with Crippen LogP contribution in [-0.2, 0) is 0 Å². The Morgan fingerprint density at radius 3 is 1.39 bits per heavy atom. The van der Waals surface area contributed by atoms with Gasteiger partial charge in [0.1, 0.15) is 11.6 Å². The lowest BCUT2D eigenvalue weighted by atomic mass is 10.3. The summed E-state index contributed by atoms with van der Waals surface area (Å²) in [6, 6.07) is 1.23. The van der Waals surface area contributed by atoms with E-state index in [9.17, 15) is 24.3 Å². The van der Waals surface area contributed by atoms with Gasteiger partial charge >= 0.3 is 0 Å². The second-order valence-electron chi connectivity index (χ2n) is 2.77. The summed E-state index contributed by atoms with van der Waals surface area (Å²) < 4.78 is 75.6. The van der Waals surface area contributed by atoms with Crippen molar-refractivity contribution >= 4 is 87.5 Å². The van der Waals surface area contributed by atoms with Crippen LogP contribution in [0.15, 0.2) is 23.1 Å². The number of hydrogen-bond acceptors (Lipinski definition) is 0. The Labute approximate surface area is 145 Å². The topological polar surface area (TPSA) is 0 Å². The standard InChI is InChI=1S/C6H3ClF6S.CHI3/c7-14(10,11,12,13)6-4(8)2-1-3-5(6)9;2-1(3)4/h1-3H;1H. The third kappa shape index (κ3) is 7.42. The average Bonchev–Trinajstić information content (AvgIpc) is 1.95. The van der Waals surface area contributed by atoms with E-state index in [-0.39, 0.29) is 12.1 Å². The molecule has 0 aliphatic carbocycles. The lowest BCUT2D eigenvalue weighted by Crippen LogP contribution is -2.09. The van der Waals surface area contributed by atoms with Gasteiger partial charge in [0.15, 0.2) is 4.90 Å². The van der Waals surface area contributed by atoms with Crippen LogP contribution >= 0.6 is 87.5 Å². The van der Waals surface area contributed by atoms with E-state index in [1.165, 1.54) is 0 Å². The molecule has 0 fully saturated rings. The summed E-state index contributed by atoms with van der Waals surface area (Å²) >= 11 is 6.95. The monoisotopic (exact) mass is 650 g/mol. The Bertz CT molecular complexity index is 411. The minimum atomic E-state index is -9.30. The van der Waals surface area contributed by atoms with Crippen molar-refractivity contribution in [3.05, 3.63) is 29.8 Å². The van der Waals surface area contributed by atoms with Crippen molar-refractivity contribution in [3.63, 3.8) is 0 Å². The van der Waals surface area contributed by atoms with Gasteiger partial charge < -0.3 is 0 Å². The summed E-state index contributed by atoms with van der Waals surface area (Å²) in [5, 5.41) is 0. The zero-order chi connectivity index (χ0) is 14.8. The summed E-state index contributed by atoms with van der Waals surface area (Å²) in [6.45, 7) is 0. The van der Waals surface area contributed by atoms with E-state index < -0.39 is 25.6 Å². The van der Waals surface area contributed by atoms with E-state index in [4.69, 9.17) is 0 Å². The van der Waals surface area contributed by atoms with Crippen molar-refractivity contribution in [3.8, 4) is 0 Å². The van der Waals surface area contributed by atoms with Crippen LogP contribution in [0.5, 0.6) is 0 Å². The van der Waals surface area contributed by atoms with Gasteiger partial charge in [0.2, 0.25) is 0 Å². The maximum absolute atomic E-state index is 12.6. The van der Waals surface area contributed by atoms with Crippen LogP contribution in [0.1, 0.15) is 0 Å². The molecule has 0 saturated carbocycles. The Morgan fingerprint density at radius 2 is 1.22 bits per heavy atom. The van der Waals surface area contributed by atoms with E-state index in [0.29, 0.717) is 6.07 Å². The maximum Gasteiger partial charge on any atom is 0.259 e. The van der Waals surface area contributed by atoms with Crippen LogP contribution in [0.3, 0.4) is 0 Å². The molecule has 0 saturated heterocycles. The Kier molecular flexibility index (Phi) is 6.31. The third-order valence-electron chi connectivity index (χ3n) is 1.30. The highest BCUT2D eigenvalue weighted by atomic mass is 127. The molecule has 1 rings (SSSR count). The van der Waals surface area contributed by atoms with Gasteiger partial charge in [0.25, 0.3) is 9.05 Å². The molecule has 0 nitrogen and oxygen atoms in total. The minimum absolute atomic E-state index is 0.277. The third-order valence-corrected chi connectivity index (χ3v) is 2.93.